The van der Waals surface area contributed by atoms with Gasteiger partial charge >= 0.3 is 0 Å². The number of nitrogens with zero attached hydrogens (tertiary/aromatic N) is 2. The molecule has 4 nitrogen and oxygen atoms in total. The molecule has 0 N–H and O–H groups in total. The maximum atomic E-state index is 13.8. The van der Waals surface area contributed by atoms with Crippen molar-refractivity contribution in [2.75, 3.05) is 12.3 Å². The first-order chi connectivity index (χ1) is 14.0. The van der Waals surface area contributed by atoms with Gasteiger partial charge in [-0.3, -0.25) is 9.59 Å². The number of amides is 2. The minimum atomic E-state index is -0.453. The van der Waals surface area contributed by atoms with Gasteiger partial charge in [-0.25, -0.2) is 4.39 Å². The largest absolute Gasteiger partial charge is 0.337 e. The molecule has 6 heteroatoms. The lowest BCUT2D eigenvalue weighted by Crippen LogP contribution is -2.53. The molecule has 2 bridgehead atoms. The zero-order valence-electron chi connectivity index (χ0n) is 18.7. The Bertz CT molecular complexity index is 840. The highest BCUT2D eigenvalue weighted by atomic mass is 32.2. The number of carbonyl (C=O) groups is 2. The van der Waals surface area contributed by atoms with Crippen LogP contribution in [0.4, 0.5) is 4.39 Å². The smallest absolute Gasteiger partial charge is 0.255 e. The van der Waals surface area contributed by atoms with Crippen LogP contribution in [0.5, 0.6) is 0 Å². The second kappa shape index (κ2) is 7.54. The molecule has 0 spiro atoms. The van der Waals surface area contributed by atoms with Gasteiger partial charge in [-0.1, -0.05) is 34.6 Å². The summed E-state index contributed by atoms with van der Waals surface area (Å²) in [7, 11) is 0. The normalized spacial score (nSPS) is 32.7. The predicted octanol–water partition coefficient (Wildman–Crippen LogP) is 4.79. The van der Waals surface area contributed by atoms with Gasteiger partial charge in [-0.05, 0) is 60.3 Å². The van der Waals surface area contributed by atoms with Crippen molar-refractivity contribution in [3.8, 4) is 0 Å². The minimum absolute atomic E-state index is 0.0505. The van der Waals surface area contributed by atoms with Crippen LogP contribution in [-0.4, -0.2) is 51.4 Å². The van der Waals surface area contributed by atoms with Crippen LogP contribution in [0.25, 0.3) is 0 Å². The van der Waals surface area contributed by atoms with E-state index in [-0.39, 0.29) is 45.8 Å². The molecule has 1 aromatic rings. The Morgan fingerprint density at radius 2 is 1.80 bits per heavy atom. The van der Waals surface area contributed by atoms with Crippen molar-refractivity contribution in [2.24, 2.45) is 16.7 Å². The lowest BCUT2D eigenvalue weighted by molar-refractivity contribution is -0.136. The maximum Gasteiger partial charge on any atom is 0.255 e. The van der Waals surface area contributed by atoms with Gasteiger partial charge in [0, 0.05) is 23.9 Å². The fraction of sp³-hybridized carbons (Fsp3) is 0.667. The van der Waals surface area contributed by atoms with Crippen molar-refractivity contribution < 1.29 is 14.0 Å². The predicted molar refractivity (Wildman–Crippen MR) is 119 cm³/mol. The summed E-state index contributed by atoms with van der Waals surface area (Å²) in [5, 5.41) is -0.0505. The number of rotatable bonds is 3. The summed E-state index contributed by atoms with van der Waals surface area (Å²) < 4.78 is 13.4. The van der Waals surface area contributed by atoms with Crippen LogP contribution in [0.15, 0.2) is 24.3 Å². The number of halogens is 1. The molecule has 1 aromatic carbocycles. The van der Waals surface area contributed by atoms with Gasteiger partial charge in [0.05, 0.1) is 5.37 Å². The van der Waals surface area contributed by atoms with Gasteiger partial charge in [0.1, 0.15) is 11.9 Å². The van der Waals surface area contributed by atoms with Crippen LogP contribution in [0.3, 0.4) is 0 Å². The number of hydrogen-bond acceptors (Lipinski definition) is 3. The molecule has 2 saturated heterocycles. The number of carbonyl (C=O) groups excluding carboxylic acids is 2. The van der Waals surface area contributed by atoms with E-state index in [4.69, 9.17) is 0 Å². The average molecular weight is 433 g/mol. The number of fused-ring (bicyclic) bond motifs is 2. The molecule has 1 aliphatic carbocycles. The van der Waals surface area contributed by atoms with Crippen molar-refractivity contribution in [1.82, 2.24) is 9.80 Å². The molecule has 3 aliphatic rings. The highest BCUT2D eigenvalue weighted by Crippen LogP contribution is 2.53. The topological polar surface area (TPSA) is 40.6 Å². The molecule has 30 heavy (non-hydrogen) atoms. The monoisotopic (exact) mass is 432 g/mol. The van der Waals surface area contributed by atoms with Gasteiger partial charge in [0.15, 0.2) is 0 Å². The third kappa shape index (κ3) is 3.88. The molecule has 4 unspecified atom stereocenters. The highest BCUT2D eigenvalue weighted by molar-refractivity contribution is 8.00. The van der Waals surface area contributed by atoms with Crippen molar-refractivity contribution in [1.29, 1.82) is 0 Å². The summed E-state index contributed by atoms with van der Waals surface area (Å²) in [6.45, 7) is 11.9. The Morgan fingerprint density at radius 3 is 2.43 bits per heavy atom. The number of benzene rings is 1. The zero-order chi connectivity index (χ0) is 21.8. The molecule has 0 aromatic heterocycles. The van der Waals surface area contributed by atoms with Crippen LogP contribution in [0, 0.1) is 22.6 Å². The molecule has 4 atom stereocenters. The molecule has 1 saturated carbocycles. The van der Waals surface area contributed by atoms with Crippen LogP contribution in [0.2, 0.25) is 0 Å². The van der Waals surface area contributed by atoms with E-state index in [0.717, 1.165) is 25.8 Å². The molecular weight excluding hydrogens is 399 g/mol. The van der Waals surface area contributed by atoms with Gasteiger partial charge in [-0.15, -0.1) is 11.8 Å². The second-order valence-corrected chi connectivity index (χ2v) is 12.0. The summed E-state index contributed by atoms with van der Waals surface area (Å²) in [6.07, 6.45) is 3.21. The number of thioether (sulfide) groups is 1. The molecule has 2 amide bonds. The first kappa shape index (κ1) is 21.7. The van der Waals surface area contributed by atoms with Crippen LogP contribution in [0.1, 0.15) is 64.2 Å². The third-order valence-electron chi connectivity index (χ3n) is 6.91. The SMILES string of the molecule is CC(C)C1SCC(C(=O)N2CC3(C)CC2CC(C)(C)C3)N1C(=O)c1ccc(F)cc1. The average Bonchev–Trinajstić information content (AvgIpc) is 3.19. The molecular formula is C24H33FN2O2S. The Hall–Kier alpha value is -1.56. The highest BCUT2D eigenvalue weighted by Gasteiger charge is 2.53. The summed E-state index contributed by atoms with van der Waals surface area (Å²) >= 11 is 1.69. The first-order valence-corrected chi connectivity index (χ1v) is 12.0. The lowest BCUT2D eigenvalue weighted by atomic mass is 9.65. The van der Waals surface area contributed by atoms with Crippen molar-refractivity contribution in [2.45, 2.75) is 71.3 Å². The third-order valence-corrected chi connectivity index (χ3v) is 8.53. The van der Waals surface area contributed by atoms with E-state index in [1.54, 1.807) is 16.7 Å². The number of likely N-dealkylation sites (tertiary alicyclic amines) is 1. The van der Waals surface area contributed by atoms with E-state index in [2.05, 4.69) is 39.5 Å². The molecule has 4 rings (SSSR count). The Morgan fingerprint density at radius 1 is 1.13 bits per heavy atom. The molecule has 164 valence electrons. The maximum absolute atomic E-state index is 13.8. The van der Waals surface area contributed by atoms with Crippen LogP contribution >= 0.6 is 11.8 Å². The van der Waals surface area contributed by atoms with Gasteiger partial charge in [0.25, 0.3) is 5.91 Å². The molecule has 2 heterocycles. The fourth-order valence-electron chi connectivity index (χ4n) is 6.14. The van der Waals surface area contributed by atoms with E-state index in [1.165, 1.54) is 24.3 Å². The van der Waals surface area contributed by atoms with E-state index in [9.17, 15) is 14.0 Å². The van der Waals surface area contributed by atoms with E-state index >= 15 is 0 Å². The lowest BCUT2D eigenvalue weighted by Gasteiger charge is -2.39. The Labute approximate surface area is 183 Å². The standard InChI is InChI=1S/C24H33FN2O2S/c1-15(2)22-27(20(28)16-6-8-17(25)9-7-16)19(12-30-22)21(29)26-14-24(5)11-18(26)10-23(3,4)13-24/h6-9,15,18-19,22H,10-14H2,1-5H3. The van der Waals surface area contributed by atoms with Crippen LogP contribution < -0.4 is 0 Å². The Balaban J connectivity index is 1.61. The fourth-order valence-corrected chi connectivity index (χ4v) is 7.61. The van der Waals surface area contributed by atoms with Crippen molar-refractivity contribution >= 4 is 23.6 Å². The van der Waals surface area contributed by atoms with Gasteiger partial charge in [-0.2, -0.15) is 0 Å². The van der Waals surface area contributed by atoms with Crippen molar-refractivity contribution in [3.05, 3.63) is 35.6 Å². The van der Waals surface area contributed by atoms with Gasteiger partial charge < -0.3 is 9.80 Å². The summed E-state index contributed by atoms with van der Waals surface area (Å²) in [5.41, 5.74) is 0.841. The first-order valence-electron chi connectivity index (χ1n) is 11.0. The second-order valence-electron chi connectivity index (χ2n) is 10.9. The summed E-state index contributed by atoms with van der Waals surface area (Å²) in [4.78, 5) is 31.0. The van der Waals surface area contributed by atoms with Crippen molar-refractivity contribution in [3.63, 3.8) is 0 Å². The van der Waals surface area contributed by atoms with E-state index in [1.807, 2.05) is 0 Å². The summed E-state index contributed by atoms with van der Waals surface area (Å²) in [6, 6.07) is 5.47. The summed E-state index contributed by atoms with van der Waals surface area (Å²) in [5.74, 6) is 0.401. The van der Waals surface area contributed by atoms with Crippen LogP contribution in [-0.2, 0) is 4.79 Å². The molecule has 2 aliphatic heterocycles. The van der Waals surface area contributed by atoms with E-state index < -0.39 is 6.04 Å². The molecule has 0 radical (unpaired) electrons. The van der Waals surface area contributed by atoms with E-state index in [0.29, 0.717) is 11.3 Å². The quantitative estimate of drug-likeness (QED) is 0.689. The molecule has 3 fully saturated rings. The minimum Gasteiger partial charge on any atom is -0.337 e. The zero-order valence-corrected chi connectivity index (χ0v) is 19.5. The Kier molecular flexibility index (Phi) is 5.44. The van der Waals surface area contributed by atoms with Gasteiger partial charge in [0.2, 0.25) is 5.91 Å². The number of hydrogen-bond donors (Lipinski definition) is 0.